The Hall–Kier alpha value is -1.36. The number of anilines is 2. The van der Waals surface area contributed by atoms with Crippen LogP contribution in [-0.4, -0.2) is 0 Å². The monoisotopic (exact) mass is 214 g/mol. The van der Waals surface area contributed by atoms with Crippen LogP contribution in [0.25, 0.3) is 10.1 Å². The highest BCUT2D eigenvalue weighted by atomic mass is 32.1. The number of rotatable bonds is 1. The molecule has 0 atom stereocenters. The van der Waals surface area contributed by atoms with Gasteiger partial charge in [0.15, 0.2) is 0 Å². The highest BCUT2D eigenvalue weighted by molar-refractivity contribution is 7.23. The first-order valence-corrected chi connectivity index (χ1v) is 4.77. The average Bonchev–Trinajstić information content (AvgIpc) is 2.42. The molecule has 0 aliphatic carbocycles. The van der Waals surface area contributed by atoms with Gasteiger partial charge in [-0.15, -0.1) is 11.3 Å². The van der Waals surface area contributed by atoms with Crippen LogP contribution in [0.1, 0.15) is 12.0 Å². The number of benzene rings is 1. The van der Waals surface area contributed by atoms with Gasteiger partial charge < -0.3 is 11.5 Å². The highest BCUT2D eigenvalue weighted by Gasteiger charge is 2.11. The summed E-state index contributed by atoms with van der Waals surface area (Å²) in [6, 6.07) is 4.38. The summed E-state index contributed by atoms with van der Waals surface area (Å²) < 4.78 is 25.4. The molecule has 5 heteroatoms. The third kappa shape index (κ3) is 1.29. The number of hydrogen-bond acceptors (Lipinski definition) is 3. The number of hydrogen-bond donors (Lipinski definition) is 2. The number of fused-ring (bicyclic) bond motifs is 1. The van der Waals surface area contributed by atoms with Gasteiger partial charge in [-0.3, -0.25) is 0 Å². The van der Waals surface area contributed by atoms with Gasteiger partial charge in [-0.25, -0.2) is 8.78 Å². The zero-order chi connectivity index (χ0) is 10.3. The molecule has 2 rings (SSSR count). The second kappa shape index (κ2) is 3.09. The molecule has 4 N–H and O–H groups in total. The van der Waals surface area contributed by atoms with E-state index in [1.54, 1.807) is 6.07 Å². The summed E-state index contributed by atoms with van der Waals surface area (Å²) in [7, 11) is 0. The van der Waals surface area contributed by atoms with Crippen molar-refractivity contribution in [2.75, 3.05) is 11.5 Å². The lowest BCUT2D eigenvalue weighted by Gasteiger charge is -1.98. The lowest BCUT2D eigenvalue weighted by atomic mass is 10.1. The SMILES string of the molecule is Nc1sc2cc(C(F)F)ccc2c1N. The Bertz CT molecular complexity index is 479. The molecule has 14 heavy (non-hydrogen) atoms. The fourth-order valence-corrected chi connectivity index (χ4v) is 2.23. The molecule has 0 radical (unpaired) electrons. The van der Waals surface area contributed by atoms with Crippen LogP contribution in [0.15, 0.2) is 18.2 Å². The van der Waals surface area contributed by atoms with Crippen molar-refractivity contribution in [2.24, 2.45) is 0 Å². The predicted molar refractivity (Wildman–Crippen MR) is 55.6 cm³/mol. The first kappa shape index (κ1) is 9.21. The molecule has 0 unspecified atom stereocenters. The molecule has 0 spiro atoms. The summed E-state index contributed by atoms with van der Waals surface area (Å²) in [4.78, 5) is 0. The molecule has 74 valence electrons. The third-order valence-corrected chi connectivity index (χ3v) is 3.03. The minimum atomic E-state index is -2.45. The summed E-state index contributed by atoms with van der Waals surface area (Å²) in [5.41, 5.74) is 11.7. The third-order valence-electron chi connectivity index (χ3n) is 2.03. The van der Waals surface area contributed by atoms with Crippen molar-refractivity contribution in [3.63, 3.8) is 0 Å². The van der Waals surface area contributed by atoms with Crippen molar-refractivity contribution >= 4 is 32.1 Å². The minimum Gasteiger partial charge on any atom is -0.396 e. The smallest absolute Gasteiger partial charge is 0.263 e. The van der Waals surface area contributed by atoms with Crippen LogP contribution in [0.4, 0.5) is 19.5 Å². The van der Waals surface area contributed by atoms with Crippen LogP contribution in [0, 0.1) is 0 Å². The van der Waals surface area contributed by atoms with Crippen LogP contribution in [0.2, 0.25) is 0 Å². The first-order valence-electron chi connectivity index (χ1n) is 3.95. The predicted octanol–water partition coefficient (Wildman–Crippen LogP) is 3.00. The fraction of sp³-hybridized carbons (Fsp3) is 0.111. The molecule has 1 aromatic carbocycles. The minimum absolute atomic E-state index is 0.00116. The van der Waals surface area contributed by atoms with E-state index >= 15 is 0 Å². The van der Waals surface area contributed by atoms with Gasteiger partial charge >= 0.3 is 0 Å². The van der Waals surface area contributed by atoms with Gasteiger partial charge in [-0.2, -0.15) is 0 Å². The van der Waals surface area contributed by atoms with E-state index in [1.807, 2.05) is 0 Å². The van der Waals surface area contributed by atoms with Gasteiger partial charge in [0, 0.05) is 15.6 Å². The zero-order valence-electron chi connectivity index (χ0n) is 7.13. The molecule has 0 saturated carbocycles. The Morgan fingerprint density at radius 1 is 1.21 bits per heavy atom. The van der Waals surface area contributed by atoms with Gasteiger partial charge in [0.05, 0.1) is 5.69 Å². The standard InChI is InChI=1S/C9H8F2N2S/c10-8(11)4-1-2-5-6(3-4)14-9(13)7(5)12/h1-3,8H,12-13H2. The number of nitrogens with two attached hydrogens (primary N) is 2. The Kier molecular flexibility index (Phi) is 2.03. The van der Waals surface area contributed by atoms with Gasteiger partial charge in [-0.1, -0.05) is 12.1 Å². The fourth-order valence-electron chi connectivity index (χ4n) is 1.29. The molecule has 0 saturated heterocycles. The van der Waals surface area contributed by atoms with E-state index in [0.29, 0.717) is 15.4 Å². The maximum absolute atomic E-state index is 12.3. The zero-order valence-corrected chi connectivity index (χ0v) is 7.94. The van der Waals surface area contributed by atoms with Crippen molar-refractivity contribution in [1.82, 2.24) is 0 Å². The lowest BCUT2D eigenvalue weighted by molar-refractivity contribution is 0.151. The maximum atomic E-state index is 12.3. The van der Waals surface area contributed by atoms with Gasteiger partial charge in [0.25, 0.3) is 6.43 Å². The van der Waals surface area contributed by atoms with E-state index in [-0.39, 0.29) is 5.56 Å². The van der Waals surface area contributed by atoms with Gasteiger partial charge in [0.1, 0.15) is 5.00 Å². The second-order valence-corrected chi connectivity index (χ2v) is 4.02. The molecule has 1 heterocycles. The summed E-state index contributed by atoms with van der Waals surface area (Å²) >= 11 is 1.23. The summed E-state index contributed by atoms with van der Waals surface area (Å²) in [6.07, 6.45) is -2.45. The largest absolute Gasteiger partial charge is 0.396 e. The van der Waals surface area contributed by atoms with E-state index in [1.165, 1.54) is 23.5 Å². The summed E-state index contributed by atoms with van der Waals surface area (Å²) in [6.45, 7) is 0. The van der Waals surface area contributed by atoms with E-state index < -0.39 is 6.43 Å². The molecule has 0 aliphatic rings. The first-order chi connectivity index (χ1) is 6.59. The van der Waals surface area contributed by atoms with Crippen molar-refractivity contribution in [3.05, 3.63) is 23.8 Å². The molecule has 1 aromatic heterocycles. The Labute approximate surface area is 83.1 Å². The molecule has 0 bridgehead atoms. The Balaban J connectivity index is 2.67. The molecular weight excluding hydrogens is 206 g/mol. The van der Waals surface area contributed by atoms with Crippen LogP contribution in [0.5, 0.6) is 0 Å². The number of halogens is 2. The van der Waals surface area contributed by atoms with Crippen LogP contribution in [-0.2, 0) is 0 Å². The van der Waals surface area contributed by atoms with Crippen LogP contribution in [0.3, 0.4) is 0 Å². The average molecular weight is 214 g/mol. The van der Waals surface area contributed by atoms with Crippen LogP contribution < -0.4 is 11.5 Å². The van der Waals surface area contributed by atoms with Gasteiger partial charge in [-0.05, 0) is 6.07 Å². The number of thiophene rings is 1. The summed E-state index contributed by atoms with van der Waals surface area (Å²) in [5.74, 6) is 0. The Morgan fingerprint density at radius 3 is 2.57 bits per heavy atom. The quantitative estimate of drug-likeness (QED) is 0.766. The maximum Gasteiger partial charge on any atom is 0.263 e. The molecule has 0 amide bonds. The Morgan fingerprint density at radius 2 is 1.93 bits per heavy atom. The second-order valence-electron chi connectivity index (χ2n) is 2.94. The van der Waals surface area contributed by atoms with E-state index in [0.717, 1.165) is 5.39 Å². The van der Waals surface area contributed by atoms with E-state index in [9.17, 15) is 8.78 Å². The molecule has 0 aliphatic heterocycles. The van der Waals surface area contributed by atoms with E-state index in [2.05, 4.69) is 0 Å². The number of alkyl halides is 2. The van der Waals surface area contributed by atoms with E-state index in [4.69, 9.17) is 11.5 Å². The number of nitrogen functional groups attached to an aromatic ring is 2. The topological polar surface area (TPSA) is 52.0 Å². The highest BCUT2D eigenvalue weighted by Crippen LogP contribution is 2.37. The lowest BCUT2D eigenvalue weighted by Crippen LogP contribution is -1.88. The normalized spacial score (nSPS) is 11.4. The van der Waals surface area contributed by atoms with Crippen molar-refractivity contribution < 1.29 is 8.78 Å². The van der Waals surface area contributed by atoms with Crippen molar-refractivity contribution in [1.29, 1.82) is 0 Å². The molecule has 0 fully saturated rings. The molecular formula is C9H8F2N2S. The van der Waals surface area contributed by atoms with Crippen LogP contribution >= 0.6 is 11.3 Å². The van der Waals surface area contributed by atoms with Crippen molar-refractivity contribution in [3.8, 4) is 0 Å². The van der Waals surface area contributed by atoms with Gasteiger partial charge in [0.2, 0.25) is 0 Å². The molecule has 2 aromatic rings. The summed E-state index contributed by atoms with van der Waals surface area (Å²) in [5, 5.41) is 1.23. The molecule has 2 nitrogen and oxygen atoms in total. The van der Waals surface area contributed by atoms with Crippen molar-refractivity contribution in [2.45, 2.75) is 6.43 Å².